The molecule has 2 nitrogen and oxygen atoms in total. The van der Waals surface area contributed by atoms with Crippen molar-refractivity contribution in [3.63, 3.8) is 0 Å². The van der Waals surface area contributed by atoms with Crippen molar-refractivity contribution in [2.75, 3.05) is 0 Å². The van der Waals surface area contributed by atoms with Gasteiger partial charge in [-0.25, -0.2) is 4.39 Å². The molecule has 90 valence electrons. The summed E-state index contributed by atoms with van der Waals surface area (Å²) in [6.45, 7) is 2.11. The van der Waals surface area contributed by atoms with Gasteiger partial charge in [0.15, 0.2) is 0 Å². The summed E-state index contributed by atoms with van der Waals surface area (Å²) in [5.41, 5.74) is 3.25. The van der Waals surface area contributed by atoms with Crippen LogP contribution >= 0.6 is 0 Å². The first-order chi connectivity index (χ1) is 8.75. The van der Waals surface area contributed by atoms with Crippen molar-refractivity contribution in [2.45, 2.75) is 12.8 Å². The van der Waals surface area contributed by atoms with Crippen LogP contribution in [-0.4, -0.2) is 9.97 Å². The Morgan fingerprint density at radius 2 is 1.94 bits per heavy atom. The lowest BCUT2D eigenvalue weighted by molar-refractivity contribution is 0.629. The SMILES string of the molecule is CC(c1ccncc1)c1c[nH]c2ccc(F)cc12. The molecule has 2 aromatic heterocycles. The molecule has 18 heavy (non-hydrogen) atoms. The van der Waals surface area contributed by atoms with E-state index in [2.05, 4.69) is 16.9 Å². The zero-order valence-corrected chi connectivity index (χ0v) is 10.0. The van der Waals surface area contributed by atoms with Crippen molar-refractivity contribution in [3.8, 4) is 0 Å². The number of nitrogens with one attached hydrogen (secondary N) is 1. The Bertz CT molecular complexity index is 673. The van der Waals surface area contributed by atoms with Gasteiger partial charge < -0.3 is 4.98 Å². The molecule has 0 amide bonds. The molecule has 0 radical (unpaired) electrons. The summed E-state index contributed by atoms with van der Waals surface area (Å²) in [6, 6.07) is 8.80. The van der Waals surface area contributed by atoms with Crippen LogP contribution in [-0.2, 0) is 0 Å². The van der Waals surface area contributed by atoms with E-state index < -0.39 is 0 Å². The Hall–Kier alpha value is -2.16. The van der Waals surface area contributed by atoms with Gasteiger partial charge in [-0.1, -0.05) is 6.92 Å². The van der Waals surface area contributed by atoms with E-state index in [-0.39, 0.29) is 11.7 Å². The van der Waals surface area contributed by atoms with Crippen molar-refractivity contribution >= 4 is 10.9 Å². The summed E-state index contributed by atoms with van der Waals surface area (Å²) in [4.78, 5) is 7.20. The van der Waals surface area contributed by atoms with Gasteiger partial charge in [0.1, 0.15) is 5.82 Å². The molecule has 3 heteroatoms. The van der Waals surface area contributed by atoms with Crippen LogP contribution in [0.2, 0.25) is 0 Å². The molecule has 0 aliphatic heterocycles. The summed E-state index contributed by atoms with van der Waals surface area (Å²) < 4.78 is 13.3. The maximum atomic E-state index is 13.3. The lowest BCUT2D eigenvalue weighted by atomic mass is 9.94. The predicted molar refractivity (Wildman–Crippen MR) is 70.0 cm³/mol. The number of halogens is 1. The molecular formula is C15H13FN2. The van der Waals surface area contributed by atoms with E-state index in [1.54, 1.807) is 24.5 Å². The first-order valence-electron chi connectivity index (χ1n) is 5.92. The molecule has 1 N–H and O–H groups in total. The number of H-pyrrole nitrogens is 1. The van der Waals surface area contributed by atoms with Gasteiger partial charge in [0.05, 0.1) is 0 Å². The maximum absolute atomic E-state index is 13.3. The number of rotatable bonds is 2. The minimum Gasteiger partial charge on any atom is -0.361 e. The van der Waals surface area contributed by atoms with Crippen LogP contribution < -0.4 is 0 Å². The molecule has 0 aliphatic carbocycles. The summed E-state index contributed by atoms with van der Waals surface area (Å²) >= 11 is 0. The summed E-state index contributed by atoms with van der Waals surface area (Å²) in [7, 11) is 0. The van der Waals surface area contributed by atoms with E-state index in [1.165, 1.54) is 11.6 Å². The smallest absolute Gasteiger partial charge is 0.123 e. The highest BCUT2D eigenvalue weighted by molar-refractivity contribution is 5.84. The Morgan fingerprint density at radius 1 is 1.17 bits per heavy atom. The third-order valence-electron chi connectivity index (χ3n) is 3.35. The van der Waals surface area contributed by atoms with Crippen LogP contribution in [0.1, 0.15) is 24.0 Å². The topological polar surface area (TPSA) is 28.7 Å². The normalized spacial score (nSPS) is 12.8. The van der Waals surface area contributed by atoms with Crippen LogP contribution in [0.15, 0.2) is 48.9 Å². The van der Waals surface area contributed by atoms with Crippen LogP contribution in [0, 0.1) is 5.82 Å². The van der Waals surface area contributed by atoms with E-state index >= 15 is 0 Å². The van der Waals surface area contributed by atoms with Gasteiger partial charge in [-0.15, -0.1) is 0 Å². The molecule has 0 saturated heterocycles. The van der Waals surface area contributed by atoms with E-state index in [1.807, 2.05) is 18.3 Å². The highest BCUT2D eigenvalue weighted by atomic mass is 19.1. The Morgan fingerprint density at radius 3 is 2.72 bits per heavy atom. The van der Waals surface area contributed by atoms with Gasteiger partial charge in [0.25, 0.3) is 0 Å². The lowest BCUT2D eigenvalue weighted by Gasteiger charge is -2.10. The molecule has 3 aromatic rings. The molecule has 0 spiro atoms. The predicted octanol–water partition coefficient (Wildman–Crippen LogP) is 3.85. The number of benzene rings is 1. The molecule has 0 saturated carbocycles. The Balaban J connectivity index is 2.12. The fourth-order valence-corrected chi connectivity index (χ4v) is 2.30. The maximum Gasteiger partial charge on any atom is 0.123 e. The van der Waals surface area contributed by atoms with Crippen molar-refractivity contribution in [1.29, 1.82) is 0 Å². The average Bonchev–Trinajstić information content (AvgIpc) is 2.82. The zero-order valence-electron chi connectivity index (χ0n) is 10.0. The van der Waals surface area contributed by atoms with E-state index in [0.717, 1.165) is 16.5 Å². The highest BCUT2D eigenvalue weighted by Crippen LogP contribution is 2.30. The second-order valence-corrected chi connectivity index (χ2v) is 4.44. The van der Waals surface area contributed by atoms with Crippen LogP contribution in [0.25, 0.3) is 10.9 Å². The Labute approximate surface area is 104 Å². The molecule has 1 atom stereocenters. The van der Waals surface area contributed by atoms with Gasteiger partial charge >= 0.3 is 0 Å². The van der Waals surface area contributed by atoms with Crippen LogP contribution in [0.3, 0.4) is 0 Å². The monoisotopic (exact) mass is 240 g/mol. The number of aromatic nitrogens is 2. The van der Waals surface area contributed by atoms with Gasteiger partial charge in [-0.05, 0) is 41.5 Å². The van der Waals surface area contributed by atoms with Gasteiger partial charge in [0.2, 0.25) is 0 Å². The number of pyridine rings is 1. The number of hydrogen-bond acceptors (Lipinski definition) is 1. The molecule has 0 fully saturated rings. The molecular weight excluding hydrogens is 227 g/mol. The largest absolute Gasteiger partial charge is 0.361 e. The van der Waals surface area contributed by atoms with E-state index in [9.17, 15) is 4.39 Å². The zero-order chi connectivity index (χ0) is 12.5. The molecule has 2 heterocycles. The fraction of sp³-hybridized carbons (Fsp3) is 0.133. The first-order valence-corrected chi connectivity index (χ1v) is 5.92. The quantitative estimate of drug-likeness (QED) is 0.724. The third-order valence-corrected chi connectivity index (χ3v) is 3.35. The number of nitrogens with zero attached hydrogens (tertiary/aromatic N) is 1. The van der Waals surface area contributed by atoms with Crippen LogP contribution in [0.4, 0.5) is 4.39 Å². The second kappa shape index (κ2) is 4.26. The highest BCUT2D eigenvalue weighted by Gasteiger charge is 2.13. The average molecular weight is 240 g/mol. The third kappa shape index (κ3) is 1.78. The van der Waals surface area contributed by atoms with Crippen molar-refractivity contribution in [2.24, 2.45) is 0 Å². The lowest BCUT2D eigenvalue weighted by Crippen LogP contribution is -1.95. The number of aromatic amines is 1. The summed E-state index contributed by atoms with van der Waals surface area (Å²) in [5.74, 6) is 0.00817. The number of hydrogen-bond donors (Lipinski definition) is 1. The van der Waals surface area contributed by atoms with Gasteiger partial charge in [0, 0.05) is 35.4 Å². The molecule has 0 bridgehead atoms. The number of fused-ring (bicyclic) bond motifs is 1. The van der Waals surface area contributed by atoms with Crippen molar-refractivity contribution in [1.82, 2.24) is 9.97 Å². The molecule has 3 rings (SSSR count). The Kier molecular flexibility index (Phi) is 2.59. The minimum absolute atomic E-state index is 0.203. The minimum atomic E-state index is -0.203. The first kappa shape index (κ1) is 11.0. The summed E-state index contributed by atoms with van der Waals surface area (Å²) in [5, 5.41) is 0.944. The van der Waals surface area contributed by atoms with Gasteiger partial charge in [-0.2, -0.15) is 0 Å². The van der Waals surface area contributed by atoms with Gasteiger partial charge in [-0.3, -0.25) is 4.98 Å². The van der Waals surface area contributed by atoms with Crippen LogP contribution in [0.5, 0.6) is 0 Å². The van der Waals surface area contributed by atoms with Crippen molar-refractivity contribution in [3.05, 3.63) is 65.9 Å². The van der Waals surface area contributed by atoms with Crippen molar-refractivity contribution < 1.29 is 4.39 Å². The van der Waals surface area contributed by atoms with E-state index in [0.29, 0.717) is 0 Å². The second-order valence-electron chi connectivity index (χ2n) is 4.44. The fourth-order valence-electron chi connectivity index (χ4n) is 2.30. The summed E-state index contributed by atoms with van der Waals surface area (Å²) in [6.07, 6.45) is 5.51. The van der Waals surface area contributed by atoms with E-state index in [4.69, 9.17) is 0 Å². The standard InChI is InChI=1S/C15H13FN2/c1-10(11-4-6-17-7-5-11)14-9-18-15-3-2-12(16)8-13(14)15/h2-10,18H,1H3. The molecule has 1 unspecified atom stereocenters. The molecule has 1 aromatic carbocycles. The molecule has 0 aliphatic rings.